The van der Waals surface area contributed by atoms with E-state index in [9.17, 15) is 14.4 Å². The molecule has 0 bridgehead atoms. The van der Waals surface area contributed by atoms with Gasteiger partial charge in [0.1, 0.15) is 6.54 Å². The predicted molar refractivity (Wildman–Crippen MR) is 107 cm³/mol. The molecule has 0 fully saturated rings. The first kappa shape index (κ1) is 18.1. The van der Waals surface area contributed by atoms with Gasteiger partial charge in [0.05, 0.1) is 21.3 Å². The number of rotatable bonds is 4. The van der Waals surface area contributed by atoms with E-state index in [2.05, 4.69) is 11.6 Å². The first-order valence-corrected chi connectivity index (χ1v) is 9.55. The number of nitrogens with zero attached hydrogens (tertiary/aromatic N) is 3. The molecule has 1 aliphatic rings. The number of para-hydroxylation sites is 1. The van der Waals surface area contributed by atoms with Gasteiger partial charge in [-0.1, -0.05) is 41.7 Å². The molecule has 0 saturated heterocycles. The molecule has 140 valence electrons. The monoisotopic (exact) mass is 391 g/mol. The number of hydrogen-bond acceptors (Lipinski definition) is 4. The van der Waals surface area contributed by atoms with Crippen molar-refractivity contribution in [2.24, 2.45) is 4.99 Å². The molecule has 0 saturated carbocycles. The summed E-state index contributed by atoms with van der Waals surface area (Å²) in [4.78, 5) is 43.1. The number of imide groups is 1. The maximum absolute atomic E-state index is 12.6. The van der Waals surface area contributed by atoms with E-state index in [0.717, 1.165) is 20.7 Å². The number of hydrogen-bond donors (Lipinski definition) is 0. The van der Waals surface area contributed by atoms with Crippen molar-refractivity contribution in [1.82, 2.24) is 9.47 Å². The molecule has 6 nitrogen and oxygen atoms in total. The van der Waals surface area contributed by atoms with Gasteiger partial charge >= 0.3 is 0 Å². The van der Waals surface area contributed by atoms with Crippen molar-refractivity contribution in [3.05, 3.63) is 76.6 Å². The molecule has 2 heterocycles. The maximum atomic E-state index is 12.6. The largest absolute Gasteiger partial charge is 0.312 e. The molecule has 0 aliphatic carbocycles. The van der Waals surface area contributed by atoms with Crippen LogP contribution >= 0.6 is 11.3 Å². The number of benzene rings is 2. The summed E-state index contributed by atoms with van der Waals surface area (Å²) in [5.41, 5.74) is 2.71. The number of fused-ring (bicyclic) bond motifs is 2. The Kier molecular flexibility index (Phi) is 4.52. The number of carbonyl (C=O) groups is 3. The molecular weight excluding hydrogens is 374 g/mol. The fraction of sp³-hybridized carbons (Fsp3) is 0.143. The van der Waals surface area contributed by atoms with E-state index < -0.39 is 17.7 Å². The highest BCUT2D eigenvalue weighted by atomic mass is 32.1. The quantitative estimate of drug-likeness (QED) is 0.507. The molecule has 0 radical (unpaired) electrons. The van der Waals surface area contributed by atoms with Crippen LogP contribution in [-0.2, 0) is 11.3 Å². The van der Waals surface area contributed by atoms with Crippen LogP contribution in [0.4, 0.5) is 0 Å². The Hall–Kier alpha value is -3.32. The van der Waals surface area contributed by atoms with Crippen molar-refractivity contribution in [3.8, 4) is 0 Å². The van der Waals surface area contributed by atoms with Gasteiger partial charge in [-0.15, -0.1) is 6.58 Å². The van der Waals surface area contributed by atoms with Crippen LogP contribution in [0.2, 0.25) is 0 Å². The molecule has 28 heavy (non-hydrogen) atoms. The van der Waals surface area contributed by atoms with Gasteiger partial charge in [0.15, 0.2) is 4.80 Å². The standard InChI is InChI=1S/C21H17N3O3S/c1-3-11-23-18-13(2)7-6-10-16(18)28-21(23)22-17(25)12-24-19(26)14-8-4-5-9-15(14)20(24)27/h3-10H,1,11-12H2,2H3. The minimum absolute atomic E-state index is 0.319. The maximum Gasteiger partial charge on any atom is 0.268 e. The Labute approximate surface area is 165 Å². The molecular formula is C21H17N3O3S. The van der Waals surface area contributed by atoms with E-state index in [-0.39, 0.29) is 6.54 Å². The van der Waals surface area contributed by atoms with E-state index in [4.69, 9.17) is 0 Å². The lowest BCUT2D eigenvalue weighted by atomic mass is 10.1. The molecule has 2 aromatic carbocycles. The average molecular weight is 391 g/mol. The van der Waals surface area contributed by atoms with E-state index in [0.29, 0.717) is 22.5 Å². The lowest BCUT2D eigenvalue weighted by Gasteiger charge is -2.10. The first-order chi connectivity index (χ1) is 13.5. The number of amides is 3. The van der Waals surface area contributed by atoms with Crippen molar-refractivity contribution in [3.63, 3.8) is 0 Å². The zero-order chi connectivity index (χ0) is 19.8. The van der Waals surface area contributed by atoms with Crippen LogP contribution in [0.5, 0.6) is 0 Å². The predicted octanol–water partition coefficient (Wildman–Crippen LogP) is 2.92. The summed E-state index contributed by atoms with van der Waals surface area (Å²) in [7, 11) is 0. The molecule has 0 spiro atoms. The Morgan fingerprint density at radius 3 is 2.43 bits per heavy atom. The summed E-state index contributed by atoms with van der Waals surface area (Å²) in [5.74, 6) is -1.47. The normalized spacial score (nSPS) is 14.0. The van der Waals surface area contributed by atoms with Crippen LogP contribution in [0.3, 0.4) is 0 Å². The van der Waals surface area contributed by atoms with Gasteiger partial charge in [-0.05, 0) is 30.7 Å². The fourth-order valence-corrected chi connectivity index (χ4v) is 4.49. The molecule has 1 aliphatic heterocycles. The van der Waals surface area contributed by atoms with Crippen LogP contribution in [0.15, 0.2) is 60.1 Å². The highest BCUT2D eigenvalue weighted by molar-refractivity contribution is 7.16. The van der Waals surface area contributed by atoms with Crippen molar-refractivity contribution in [1.29, 1.82) is 0 Å². The number of thiazole rings is 1. The van der Waals surface area contributed by atoms with Gasteiger partial charge in [0.25, 0.3) is 17.7 Å². The second kappa shape index (κ2) is 7.01. The second-order valence-electron chi connectivity index (χ2n) is 6.45. The Balaban J connectivity index is 1.69. The van der Waals surface area contributed by atoms with Crippen molar-refractivity contribution in [2.75, 3.05) is 6.54 Å². The average Bonchev–Trinajstić information content (AvgIpc) is 3.14. The smallest absolute Gasteiger partial charge is 0.268 e. The third-order valence-electron chi connectivity index (χ3n) is 4.61. The zero-order valence-electron chi connectivity index (χ0n) is 15.2. The Morgan fingerprint density at radius 2 is 1.79 bits per heavy atom. The van der Waals surface area contributed by atoms with Crippen molar-refractivity contribution >= 4 is 39.3 Å². The highest BCUT2D eigenvalue weighted by Crippen LogP contribution is 2.23. The molecule has 3 amide bonds. The van der Waals surface area contributed by atoms with Gasteiger partial charge < -0.3 is 4.57 Å². The lowest BCUT2D eigenvalue weighted by molar-refractivity contribution is -0.118. The minimum atomic E-state index is -0.545. The van der Waals surface area contributed by atoms with Crippen LogP contribution in [0.25, 0.3) is 10.2 Å². The van der Waals surface area contributed by atoms with Crippen LogP contribution in [0.1, 0.15) is 26.3 Å². The van der Waals surface area contributed by atoms with Crippen LogP contribution in [0, 0.1) is 6.92 Å². The van der Waals surface area contributed by atoms with E-state index >= 15 is 0 Å². The van der Waals surface area contributed by atoms with Crippen molar-refractivity contribution in [2.45, 2.75) is 13.5 Å². The molecule has 4 rings (SSSR count). The van der Waals surface area contributed by atoms with Crippen LogP contribution < -0.4 is 4.80 Å². The third kappa shape index (κ3) is 2.90. The highest BCUT2D eigenvalue weighted by Gasteiger charge is 2.36. The molecule has 1 aromatic heterocycles. The summed E-state index contributed by atoms with van der Waals surface area (Å²) in [6.07, 6.45) is 1.74. The van der Waals surface area contributed by atoms with Gasteiger partial charge in [-0.2, -0.15) is 4.99 Å². The summed E-state index contributed by atoms with van der Waals surface area (Å²) in [6, 6.07) is 12.5. The van der Waals surface area contributed by atoms with Crippen LogP contribution in [-0.4, -0.2) is 33.7 Å². The number of carbonyl (C=O) groups excluding carboxylic acids is 3. The summed E-state index contributed by atoms with van der Waals surface area (Å²) >= 11 is 1.39. The topological polar surface area (TPSA) is 71.7 Å². The molecule has 0 unspecified atom stereocenters. The van der Waals surface area contributed by atoms with Gasteiger partial charge in [-0.3, -0.25) is 19.3 Å². The minimum Gasteiger partial charge on any atom is -0.312 e. The molecule has 0 N–H and O–H groups in total. The first-order valence-electron chi connectivity index (χ1n) is 8.74. The Bertz CT molecular complexity index is 1180. The molecule has 0 atom stereocenters. The second-order valence-corrected chi connectivity index (χ2v) is 7.46. The number of aromatic nitrogens is 1. The van der Waals surface area contributed by atoms with E-state index in [1.54, 1.807) is 30.3 Å². The zero-order valence-corrected chi connectivity index (χ0v) is 16.0. The SMILES string of the molecule is C=CCn1c(=NC(=O)CN2C(=O)c3ccccc3C2=O)sc2cccc(C)c21. The van der Waals surface area contributed by atoms with Gasteiger partial charge in [0.2, 0.25) is 0 Å². The summed E-state index contributed by atoms with van der Waals surface area (Å²) < 4.78 is 2.93. The number of aryl methyl sites for hydroxylation is 1. The fourth-order valence-electron chi connectivity index (χ4n) is 3.35. The van der Waals surface area contributed by atoms with E-state index in [1.807, 2.05) is 29.7 Å². The summed E-state index contributed by atoms with van der Waals surface area (Å²) in [6.45, 7) is 5.90. The van der Waals surface area contributed by atoms with Crippen molar-refractivity contribution < 1.29 is 14.4 Å². The third-order valence-corrected chi connectivity index (χ3v) is 5.65. The summed E-state index contributed by atoms with van der Waals surface area (Å²) in [5, 5.41) is 0. The van der Waals surface area contributed by atoms with Gasteiger partial charge in [-0.25, -0.2) is 0 Å². The molecule has 7 heteroatoms. The Morgan fingerprint density at radius 1 is 1.11 bits per heavy atom. The lowest BCUT2D eigenvalue weighted by Crippen LogP contribution is -2.35. The van der Waals surface area contributed by atoms with Gasteiger partial charge in [0, 0.05) is 6.54 Å². The van der Waals surface area contributed by atoms with E-state index in [1.165, 1.54) is 11.3 Å². The molecule has 3 aromatic rings. The number of allylic oxidation sites excluding steroid dienone is 1.